The summed E-state index contributed by atoms with van der Waals surface area (Å²) in [7, 11) is 0. The fraction of sp³-hybridized carbons (Fsp3) is 0.273. The van der Waals surface area contributed by atoms with Crippen LogP contribution in [0.3, 0.4) is 0 Å². The van der Waals surface area contributed by atoms with Crippen LogP contribution in [0.15, 0.2) is 72.8 Å². The van der Waals surface area contributed by atoms with Gasteiger partial charge in [0, 0.05) is 5.41 Å². The van der Waals surface area contributed by atoms with Gasteiger partial charge in [-0.1, -0.05) is 48.6 Å². The third-order valence-electron chi connectivity index (χ3n) is 4.59. The molecule has 0 bridgehead atoms. The van der Waals surface area contributed by atoms with Crippen LogP contribution in [-0.2, 0) is 9.47 Å². The molecule has 2 aromatic carbocycles. The van der Waals surface area contributed by atoms with Gasteiger partial charge in [-0.2, -0.15) is 0 Å². The average Bonchev–Trinajstić information content (AvgIpc) is 2.72. The monoisotopic (exact) mass is 366 g/mol. The van der Waals surface area contributed by atoms with Crippen LogP contribution in [0, 0.1) is 5.41 Å². The first kappa shape index (κ1) is 18.9. The number of aliphatic hydroxyl groups is 1. The molecule has 1 aliphatic carbocycles. The highest BCUT2D eigenvalue weighted by Crippen LogP contribution is 2.34. The van der Waals surface area contributed by atoms with Crippen LogP contribution < -0.4 is 0 Å². The molecule has 5 heteroatoms. The van der Waals surface area contributed by atoms with Crippen molar-refractivity contribution in [1.82, 2.24) is 0 Å². The molecule has 140 valence electrons. The maximum atomic E-state index is 12.3. The minimum absolute atomic E-state index is 0.0597. The number of carbonyl (C=O) groups excluding carboxylic acids is 2. The van der Waals surface area contributed by atoms with E-state index in [4.69, 9.17) is 9.47 Å². The Morgan fingerprint density at radius 3 is 1.81 bits per heavy atom. The predicted octanol–water partition coefficient (Wildman–Crippen LogP) is 3.40. The normalized spacial score (nSPS) is 17.9. The van der Waals surface area contributed by atoms with E-state index in [9.17, 15) is 14.7 Å². The molecule has 0 spiro atoms. The van der Waals surface area contributed by atoms with Gasteiger partial charge in [0.1, 0.15) is 13.2 Å². The molecule has 1 N–H and O–H groups in total. The summed E-state index contributed by atoms with van der Waals surface area (Å²) >= 11 is 0. The average molecular weight is 366 g/mol. The van der Waals surface area contributed by atoms with Gasteiger partial charge in [0.05, 0.1) is 17.2 Å². The van der Waals surface area contributed by atoms with Crippen molar-refractivity contribution in [1.29, 1.82) is 0 Å². The SMILES string of the molecule is O=C(OCC1(COC(=O)c2ccccc2)CC=CC(O)C1)c1ccccc1. The lowest BCUT2D eigenvalue weighted by molar-refractivity contribution is -0.0230. The predicted molar refractivity (Wildman–Crippen MR) is 100 cm³/mol. The molecule has 0 saturated carbocycles. The Morgan fingerprint density at radius 1 is 0.889 bits per heavy atom. The first-order valence-corrected chi connectivity index (χ1v) is 8.87. The molecule has 1 aliphatic rings. The number of esters is 2. The number of hydrogen-bond acceptors (Lipinski definition) is 5. The molecule has 3 rings (SSSR count). The molecular weight excluding hydrogens is 344 g/mol. The van der Waals surface area contributed by atoms with Crippen LogP contribution in [0.4, 0.5) is 0 Å². The van der Waals surface area contributed by atoms with E-state index in [1.54, 1.807) is 54.6 Å². The lowest BCUT2D eigenvalue weighted by atomic mass is 9.77. The summed E-state index contributed by atoms with van der Waals surface area (Å²) in [4.78, 5) is 24.5. The zero-order valence-electron chi connectivity index (χ0n) is 14.9. The fourth-order valence-electron chi connectivity index (χ4n) is 3.10. The molecule has 0 fully saturated rings. The molecule has 0 aliphatic heterocycles. The molecule has 1 unspecified atom stereocenters. The minimum Gasteiger partial charge on any atom is -0.461 e. The molecule has 2 aromatic rings. The van der Waals surface area contributed by atoms with Crippen LogP contribution in [-0.4, -0.2) is 36.4 Å². The van der Waals surface area contributed by atoms with Crippen molar-refractivity contribution in [3.63, 3.8) is 0 Å². The Labute approximate surface area is 158 Å². The quantitative estimate of drug-likeness (QED) is 0.627. The molecule has 1 atom stereocenters. The van der Waals surface area contributed by atoms with E-state index in [0.29, 0.717) is 24.0 Å². The van der Waals surface area contributed by atoms with Crippen molar-refractivity contribution < 1.29 is 24.2 Å². The van der Waals surface area contributed by atoms with Crippen molar-refractivity contribution in [2.24, 2.45) is 5.41 Å². The van der Waals surface area contributed by atoms with Crippen molar-refractivity contribution >= 4 is 11.9 Å². The standard InChI is InChI=1S/C22H22O5/c23-19-12-7-13-22(14-19,15-26-20(24)17-8-3-1-4-9-17)16-27-21(25)18-10-5-2-6-11-18/h1-12,19,23H,13-16H2. The zero-order valence-corrected chi connectivity index (χ0v) is 14.9. The molecule has 0 heterocycles. The maximum Gasteiger partial charge on any atom is 0.338 e. The molecule has 27 heavy (non-hydrogen) atoms. The molecule has 0 amide bonds. The van der Waals surface area contributed by atoms with Crippen LogP contribution >= 0.6 is 0 Å². The summed E-state index contributed by atoms with van der Waals surface area (Å²) in [5, 5.41) is 10.0. The van der Waals surface area contributed by atoms with Crippen LogP contribution in [0.5, 0.6) is 0 Å². The van der Waals surface area contributed by atoms with Gasteiger partial charge < -0.3 is 14.6 Å². The van der Waals surface area contributed by atoms with Gasteiger partial charge in [-0.3, -0.25) is 0 Å². The third-order valence-corrected chi connectivity index (χ3v) is 4.59. The lowest BCUT2D eigenvalue weighted by Crippen LogP contribution is -2.39. The van der Waals surface area contributed by atoms with E-state index in [2.05, 4.69) is 0 Å². The Kier molecular flexibility index (Phi) is 6.04. The number of aliphatic hydroxyl groups excluding tert-OH is 1. The largest absolute Gasteiger partial charge is 0.461 e. The summed E-state index contributed by atoms with van der Waals surface area (Å²) in [6, 6.07) is 17.4. The summed E-state index contributed by atoms with van der Waals surface area (Å²) in [6.45, 7) is 0.119. The number of hydrogen-bond donors (Lipinski definition) is 1. The molecule has 5 nitrogen and oxygen atoms in total. The van der Waals surface area contributed by atoms with Gasteiger partial charge in [-0.15, -0.1) is 0 Å². The van der Waals surface area contributed by atoms with E-state index in [1.165, 1.54) is 0 Å². The first-order valence-electron chi connectivity index (χ1n) is 8.87. The smallest absolute Gasteiger partial charge is 0.338 e. The fourth-order valence-corrected chi connectivity index (χ4v) is 3.10. The highest BCUT2D eigenvalue weighted by Gasteiger charge is 2.37. The van der Waals surface area contributed by atoms with E-state index in [1.807, 2.05) is 18.2 Å². The van der Waals surface area contributed by atoms with Crippen molar-refractivity contribution in [3.05, 3.63) is 83.9 Å². The third kappa shape index (κ3) is 5.05. The minimum atomic E-state index is -0.662. The van der Waals surface area contributed by atoms with Gasteiger partial charge in [-0.25, -0.2) is 9.59 Å². The summed E-state index contributed by atoms with van der Waals surface area (Å²) in [6.07, 6.45) is 3.78. The summed E-state index contributed by atoms with van der Waals surface area (Å²) in [5.41, 5.74) is 0.268. The van der Waals surface area contributed by atoms with Gasteiger partial charge >= 0.3 is 11.9 Å². The maximum absolute atomic E-state index is 12.3. The molecular formula is C22H22O5. The van der Waals surface area contributed by atoms with Gasteiger partial charge in [0.15, 0.2) is 0 Å². The number of carbonyl (C=O) groups is 2. The van der Waals surface area contributed by atoms with Gasteiger partial charge in [0.25, 0.3) is 0 Å². The number of allylic oxidation sites excluding steroid dienone is 1. The van der Waals surface area contributed by atoms with Gasteiger partial charge in [-0.05, 0) is 37.1 Å². The van der Waals surface area contributed by atoms with E-state index in [-0.39, 0.29) is 13.2 Å². The topological polar surface area (TPSA) is 72.8 Å². The highest BCUT2D eigenvalue weighted by molar-refractivity contribution is 5.89. The summed E-state index contributed by atoms with van der Waals surface area (Å²) < 4.78 is 11.0. The second kappa shape index (κ2) is 8.64. The Balaban J connectivity index is 1.66. The zero-order chi connectivity index (χ0) is 19.1. The second-order valence-electron chi connectivity index (χ2n) is 6.79. The Hall–Kier alpha value is -2.92. The number of rotatable bonds is 6. The number of ether oxygens (including phenoxy) is 2. The van der Waals surface area contributed by atoms with Crippen molar-refractivity contribution in [2.45, 2.75) is 18.9 Å². The van der Waals surface area contributed by atoms with E-state index < -0.39 is 23.5 Å². The Bertz CT molecular complexity index is 742. The van der Waals surface area contributed by atoms with Crippen LogP contribution in [0.25, 0.3) is 0 Å². The first-order chi connectivity index (χ1) is 13.1. The lowest BCUT2D eigenvalue weighted by Gasteiger charge is -2.35. The highest BCUT2D eigenvalue weighted by atomic mass is 16.5. The van der Waals surface area contributed by atoms with Crippen LogP contribution in [0.2, 0.25) is 0 Å². The van der Waals surface area contributed by atoms with E-state index in [0.717, 1.165) is 0 Å². The Morgan fingerprint density at radius 2 is 1.37 bits per heavy atom. The van der Waals surface area contributed by atoms with Gasteiger partial charge in [0.2, 0.25) is 0 Å². The molecule has 0 aromatic heterocycles. The second-order valence-corrected chi connectivity index (χ2v) is 6.79. The van der Waals surface area contributed by atoms with Crippen LogP contribution in [0.1, 0.15) is 33.6 Å². The van der Waals surface area contributed by atoms with Crippen molar-refractivity contribution in [3.8, 4) is 0 Å². The van der Waals surface area contributed by atoms with Crippen molar-refractivity contribution in [2.75, 3.05) is 13.2 Å². The van der Waals surface area contributed by atoms with E-state index >= 15 is 0 Å². The number of benzene rings is 2. The molecule has 0 saturated heterocycles. The molecule has 0 radical (unpaired) electrons. The summed E-state index contributed by atoms with van der Waals surface area (Å²) in [5.74, 6) is -0.873.